The summed E-state index contributed by atoms with van der Waals surface area (Å²) in [5.41, 5.74) is 0.882. The number of benzene rings is 1. The Morgan fingerprint density at radius 3 is 2.88 bits per heavy atom. The lowest BCUT2D eigenvalue weighted by Gasteiger charge is -2.12. The molecule has 5 nitrogen and oxygen atoms in total. The van der Waals surface area contributed by atoms with Crippen LogP contribution in [0.2, 0.25) is 0 Å². The lowest BCUT2D eigenvalue weighted by molar-refractivity contribution is -0.166. The second kappa shape index (κ2) is 5.38. The molecule has 17 heavy (non-hydrogen) atoms. The highest BCUT2D eigenvalue weighted by Gasteiger charge is 2.30. The van der Waals surface area contributed by atoms with Crippen molar-refractivity contribution in [3.63, 3.8) is 0 Å². The number of rotatable bonds is 3. The van der Waals surface area contributed by atoms with Gasteiger partial charge in [0.05, 0.1) is 0 Å². The average molecular weight is 232 g/mol. The zero-order valence-corrected chi connectivity index (χ0v) is 8.91. The van der Waals surface area contributed by atoms with E-state index in [9.17, 15) is 9.59 Å². The Balaban J connectivity index is 2.02. The molecular formula is C12H10NO4. The summed E-state index contributed by atoms with van der Waals surface area (Å²) in [4.78, 5) is 26.9. The molecule has 0 aromatic heterocycles. The third-order valence-electron chi connectivity index (χ3n) is 2.17. The topological polar surface area (TPSA) is 55.8 Å². The molecular weight excluding hydrogens is 222 g/mol. The second-order valence-electron chi connectivity index (χ2n) is 3.29. The highest BCUT2D eigenvalue weighted by Crippen LogP contribution is 2.11. The highest BCUT2D eigenvalue weighted by atomic mass is 16.8. The van der Waals surface area contributed by atoms with Gasteiger partial charge in [0, 0.05) is 6.08 Å². The largest absolute Gasteiger partial charge is 0.319 e. The first-order chi connectivity index (χ1) is 8.31. The third kappa shape index (κ3) is 2.77. The minimum Gasteiger partial charge on any atom is -0.319 e. The van der Waals surface area contributed by atoms with Gasteiger partial charge < -0.3 is 4.74 Å². The number of hydrogen-bond donors (Lipinski definition) is 0. The summed E-state index contributed by atoms with van der Waals surface area (Å²) >= 11 is 0. The van der Waals surface area contributed by atoms with Crippen molar-refractivity contribution in [2.75, 3.05) is 6.79 Å². The van der Waals surface area contributed by atoms with E-state index in [1.54, 1.807) is 12.4 Å². The quantitative estimate of drug-likeness (QED) is 0.726. The molecule has 0 N–H and O–H groups in total. The molecule has 1 aliphatic rings. The van der Waals surface area contributed by atoms with Crippen molar-refractivity contribution in [3.8, 4) is 0 Å². The number of carbonyl (C=O) groups is 1. The fourth-order valence-corrected chi connectivity index (χ4v) is 1.35. The van der Waals surface area contributed by atoms with Crippen LogP contribution < -0.4 is 0 Å². The summed E-state index contributed by atoms with van der Waals surface area (Å²) in [5.74, 6) is -0.459. The molecule has 0 spiro atoms. The van der Waals surface area contributed by atoms with E-state index in [2.05, 4.69) is 0 Å². The lowest BCUT2D eigenvalue weighted by Crippen LogP contribution is -2.34. The number of hydroxylamine groups is 2. The zero-order valence-electron chi connectivity index (χ0n) is 8.91. The second-order valence-corrected chi connectivity index (χ2v) is 3.29. The van der Waals surface area contributed by atoms with E-state index in [-0.39, 0.29) is 6.79 Å². The molecule has 1 aromatic rings. The third-order valence-corrected chi connectivity index (χ3v) is 2.17. The van der Waals surface area contributed by atoms with Crippen molar-refractivity contribution in [2.45, 2.75) is 6.23 Å². The van der Waals surface area contributed by atoms with E-state index in [0.29, 0.717) is 0 Å². The molecule has 0 bridgehead atoms. The van der Waals surface area contributed by atoms with Crippen molar-refractivity contribution in [1.29, 1.82) is 0 Å². The maximum Gasteiger partial charge on any atom is 0.273 e. The molecule has 1 fully saturated rings. The molecule has 1 amide bonds. The molecule has 1 aromatic carbocycles. The lowest BCUT2D eigenvalue weighted by atomic mass is 10.2. The summed E-state index contributed by atoms with van der Waals surface area (Å²) in [6, 6.07) is 9.32. The van der Waals surface area contributed by atoms with Crippen molar-refractivity contribution < 1.29 is 19.2 Å². The van der Waals surface area contributed by atoms with Crippen LogP contribution >= 0.6 is 0 Å². The summed E-state index contributed by atoms with van der Waals surface area (Å²) in [5, 5.41) is 0.854. The van der Waals surface area contributed by atoms with Gasteiger partial charge in [-0.3, -0.25) is 9.59 Å². The summed E-state index contributed by atoms with van der Waals surface area (Å²) in [7, 11) is 0. The van der Waals surface area contributed by atoms with Crippen LogP contribution in [0.3, 0.4) is 0 Å². The van der Waals surface area contributed by atoms with Crippen molar-refractivity contribution in [2.24, 2.45) is 0 Å². The van der Waals surface area contributed by atoms with Crippen LogP contribution in [0.5, 0.6) is 0 Å². The molecule has 1 heterocycles. The number of carbonyl (C=O) groups excluding carboxylic acids is 2. The van der Waals surface area contributed by atoms with Crippen molar-refractivity contribution in [1.82, 2.24) is 5.06 Å². The molecule has 2 rings (SSSR count). The number of hydrogen-bond acceptors (Lipinski definition) is 4. The summed E-state index contributed by atoms with van der Waals surface area (Å²) in [6.45, 7) is -0.120. The van der Waals surface area contributed by atoms with Gasteiger partial charge in [0.25, 0.3) is 12.2 Å². The van der Waals surface area contributed by atoms with Gasteiger partial charge in [-0.1, -0.05) is 30.3 Å². The van der Waals surface area contributed by atoms with Crippen LogP contribution in [0.25, 0.3) is 6.08 Å². The number of amides is 1. The fourth-order valence-electron chi connectivity index (χ4n) is 1.35. The van der Waals surface area contributed by atoms with E-state index in [4.69, 9.17) is 9.57 Å². The Hall–Kier alpha value is -1.98. The van der Waals surface area contributed by atoms with Crippen molar-refractivity contribution in [3.05, 3.63) is 42.0 Å². The maximum atomic E-state index is 11.6. The van der Waals surface area contributed by atoms with E-state index in [0.717, 1.165) is 10.6 Å². The first kappa shape index (κ1) is 11.5. The Bertz CT molecular complexity index is 429. The van der Waals surface area contributed by atoms with E-state index >= 15 is 0 Å². The van der Waals surface area contributed by atoms with Gasteiger partial charge in [0.15, 0.2) is 6.79 Å². The summed E-state index contributed by atoms with van der Waals surface area (Å²) < 4.78 is 4.81. The van der Waals surface area contributed by atoms with E-state index in [1.807, 2.05) is 30.3 Å². The van der Waals surface area contributed by atoms with Crippen LogP contribution in [0.1, 0.15) is 5.56 Å². The van der Waals surface area contributed by atoms with E-state index in [1.165, 1.54) is 6.08 Å². The highest BCUT2D eigenvalue weighted by molar-refractivity contribution is 5.92. The van der Waals surface area contributed by atoms with Crippen LogP contribution in [0.15, 0.2) is 36.4 Å². The monoisotopic (exact) mass is 232 g/mol. The number of ether oxygens (including phenoxy) is 1. The maximum absolute atomic E-state index is 11.6. The van der Waals surface area contributed by atoms with Gasteiger partial charge in [0.2, 0.25) is 6.23 Å². The molecule has 1 aliphatic heterocycles. The Kier molecular flexibility index (Phi) is 3.64. The van der Waals surface area contributed by atoms with E-state index < -0.39 is 12.1 Å². The van der Waals surface area contributed by atoms with Gasteiger partial charge in [-0.25, -0.2) is 4.84 Å². The molecule has 1 atom stereocenters. The predicted octanol–water partition coefficient (Wildman–Crippen LogP) is 0.884. The predicted molar refractivity (Wildman–Crippen MR) is 58.8 cm³/mol. The fraction of sp³-hybridized carbons (Fsp3) is 0.167. The Labute approximate surface area is 98.2 Å². The van der Waals surface area contributed by atoms with Crippen LogP contribution in [-0.2, 0) is 19.2 Å². The van der Waals surface area contributed by atoms with Gasteiger partial charge in [-0.15, -0.1) is 0 Å². The summed E-state index contributed by atoms with van der Waals surface area (Å²) in [6.07, 6.45) is 3.43. The smallest absolute Gasteiger partial charge is 0.273 e. The molecule has 1 radical (unpaired) electrons. The SMILES string of the molecule is O=[C]C1OCON1C(=O)C=Cc1ccccc1. The van der Waals surface area contributed by atoms with Crippen LogP contribution in [0.4, 0.5) is 0 Å². The molecule has 87 valence electrons. The zero-order chi connectivity index (χ0) is 12.1. The molecule has 5 heteroatoms. The number of nitrogens with zero attached hydrogens (tertiary/aromatic N) is 1. The standard InChI is InChI=1S/C12H10NO4/c14-8-12-13(17-9-16-12)11(15)7-6-10-4-2-1-3-5-10/h1-7,12H,9H2. The first-order valence-electron chi connectivity index (χ1n) is 5.00. The van der Waals surface area contributed by atoms with Gasteiger partial charge in [-0.05, 0) is 11.6 Å². The Morgan fingerprint density at radius 1 is 1.41 bits per heavy atom. The van der Waals surface area contributed by atoms with Gasteiger partial charge >= 0.3 is 0 Å². The van der Waals surface area contributed by atoms with Gasteiger partial charge in [-0.2, -0.15) is 5.06 Å². The van der Waals surface area contributed by atoms with Crippen LogP contribution in [0, 0.1) is 0 Å². The first-order valence-corrected chi connectivity index (χ1v) is 5.00. The molecule has 1 unspecified atom stereocenters. The molecule has 0 saturated carbocycles. The normalized spacial score (nSPS) is 19.8. The van der Waals surface area contributed by atoms with Crippen LogP contribution in [-0.4, -0.2) is 30.3 Å². The minimum atomic E-state index is -1.08. The van der Waals surface area contributed by atoms with Gasteiger partial charge in [0.1, 0.15) is 0 Å². The average Bonchev–Trinajstić information content (AvgIpc) is 2.85. The van der Waals surface area contributed by atoms with Crippen molar-refractivity contribution >= 4 is 18.3 Å². The molecule has 1 saturated heterocycles. The minimum absolute atomic E-state index is 0.120. The Morgan fingerprint density at radius 2 is 2.18 bits per heavy atom. The molecule has 0 aliphatic carbocycles.